The SMILES string of the molecule is O=c1sccn1CCCCN1CCC2C(C1)c1cc(F)ccc1N2c1ccc(F)cc1. The fraction of sp³-hybridized carbons (Fsp3) is 0.375. The maximum atomic E-state index is 14.1. The molecule has 3 aromatic rings. The first-order valence-corrected chi connectivity index (χ1v) is 11.7. The Kier molecular flexibility index (Phi) is 5.63. The molecular formula is C24H25F2N3OS. The molecule has 2 unspecified atom stereocenters. The Hall–Kier alpha value is -2.51. The second-order valence-electron chi connectivity index (χ2n) is 8.38. The van der Waals surface area contributed by atoms with E-state index in [1.807, 2.05) is 29.8 Å². The number of rotatable bonds is 6. The minimum absolute atomic E-state index is 0.103. The van der Waals surface area contributed by atoms with Crippen LogP contribution >= 0.6 is 11.3 Å². The molecule has 3 heterocycles. The van der Waals surface area contributed by atoms with E-state index >= 15 is 0 Å². The van der Waals surface area contributed by atoms with E-state index in [0.29, 0.717) is 0 Å². The van der Waals surface area contributed by atoms with Gasteiger partial charge in [0.25, 0.3) is 0 Å². The number of likely N-dealkylation sites (tertiary alicyclic amines) is 1. The smallest absolute Gasteiger partial charge is 0.307 e. The van der Waals surface area contributed by atoms with E-state index in [4.69, 9.17) is 0 Å². The van der Waals surface area contributed by atoms with E-state index < -0.39 is 0 Å². The Morgan fingerprint density at radius 3 is 2.55 bits per heavy atom. The number of aryl methyl sites for hydroxylation is 1. The lowest BCUT2D eigenvalue weighted by atomic mass is 9.89. The molecule has 2 atom stereocenters. The van der Waals surface area contributed by atoms with Crippen LogP contribution in [0.15, 0.2) is 58.8 Å². The van der Waals surface area contributed by atoms with E-state index in [0.717, 1.165) is 62.4 Å². The van der Waals surface area contributed by atoms with Crippen LogP contribution in [0.2, 0.25) is 0 Å². The monoisotopic (exact) mass is 441 g/mol. The van der Waals surface area contributed by atoms with Crippen LogP contribution in [0.1, 0.15) is 30.7 Å². The van der Waals surface area contributed by atoms with Gasteiger partial charge in [-0.2, -0.15) is 0 Å². The molecule has 0 aliphatic carbocycles. The van der Waals surface area contributed by atoms with Crippen molar-refractivity contribution in [3.8, 4) is 0 Å². The lowest BCUT2D eigenvalue weighted by Crippen LogP contribution is -2.45. The van der Waals surface area contributed by atoms with Crippen molar-refractivity contribution in [1.82, 2.24) is 9.47 Å². The third-order valence-electron chi connectivity index (χ3n) is 6.51. The quantitative estimate of drug-likeness (QED) is 0.505. The number of hydrogen-bond acceptors (Lipinski definition) is 4. The van der Waals surface area contributed by atoms with Gasteiger partial charge in [0.15, 0.2) is 0 Å². The summed E-state index contributed by atoms with van der Waals surface area (Å²) in [4.78, 5) is 16.5. The zero-order valence-corrected chi connectivity index (χ0v) is 18.0. The Morgan fingerprint density at radius 2 is 1.77 bits per heavy atom. The van der Waals surface area contributed by atoms with Crippen molar-refractivity contribution in [2.75, 3.05) is 24.5 Å². The average molecular weight is 442 g/mol. The molecule has 0 amide bonds. The Balaban J connectivity index is 1.29. The van der Waals surface area contributed by atoms with E-state index in [9.17, 15) is 13.6 Å². The standard InChI is InChI=1S/C24H25F2N3OS/c25-17-3-6-19(7-4-17)29-22-8-5-18(26)15-20(22)21-16-27(12-9-23(21)29)10-1-2-11-28-13-14-31-24(28)30/h3-8,13-15,21,23H,1-2,9-12,16H2. The topological polar surface area (TPSA) is 28.5 Å². The number of halogens is 2. The number of aromatic nitrogens is 1. The third kappa shape index (κ3) is 4.04. The molecule has 0 radical (unpaired) electrons. The number of piperidine rings is 1. The van der Waals surface area contributed by atoms with Gasteiger partial charge in [-0.25, -0.2) is 8.78 Å². The van der Waals surface area contributed by atoms with Crippen LogP contribution in [-0.2, 0) is 6.54 Å². The second kappa shape index (κ2) is 8.55. The summed E-state index contributed by atoms with van der Waals surface area (Å²) in [5.41, 5.74) is 3.03. The average Bonchev–Trinajstić information content (AvgIpc) is 3.32. The largest absolute Gasteiger partial charge is 0.337 e. The predicted octanol–water partition coefficient (Wildman–Crippen LogP) is 4.98. The first kappa shape index (κ1) is 20.4. The van der Waals surface area contributed by atoms with Crippen molar-refractivity contribution in [2.45, 2.75) is 37.8 Å². The van der Waals surface area contributed by atoms with Gasteiger partial charge in [-0.1, -0.05) is 11.3 Å². The van der Waals surface area contributed by atoms with Crippen molar-refractivity contribution in [2.24, 2.45) is 0 Å². The molecular weight excluding hydrogens is 416 g/mol. The molecule has 5 rings (SSSR count). The molecule has 2 aromatic carbocycles. The van der Waals surface area contributed by atoms with Crippen LogP contribution in [0, 0.1) is 11.6 Å². The molecule has 1 aromatic heterocycles. The van der Waals surface area contributed by atoms with Gasteiger partial charge in [0.05, 0.1) is 0 Å². The molecule has 0 N–H and O–H groups in total. The maximum absolute atomic E-state index is 14.1. The highest BCUT2D eigenvalue weighted by Crippen LogP contribution is 2.48. The number of nitrogens with zero attached hydrogens (tertiary/aromatic N) is 3. The van der Waals surface area contributed by atoms with Gasteiger partial charge < -0.3 is 14.4 Å². The minimum Gasteiger partial charge on any atom is -0.337 e. The summed E-state index contributed by atoms with van der Waals surface area (Å²) in [6, 6.07) is 11.9. The summed E-state index contributed by atoms with van der Waals surface area (Å²) in [7, 11) is 0. The molecule has 31 heavy (non-hydrogen) atoms. The maximum Gasteiger partial charge on any atom is 0.307 e. The lowest BCUT2D eigenvalue weighted by Gasteiger charge is -2.39. The van der Waals surface area contributed by atoms with Crippen molar-refractivity contribution < 1.29 is 8.78 Å². The minimum atomic E-state index is -0.252. The number of thiazole rings is 1. The normalized spacial score (nSPS) is 20.6. The highest BCUT2D eigenvalue weighted by Gasteiger charge is 2.42. The van der Waals surface area contributed by atoms with Crippen molar-refractivity contribution in [3.05, 3.63) is 80.9 Å². The summed E-state index contributed by atoms with van der Waals surface area (Å²) in [5.74, 6) is -0.237. The number of unbranched alkanes of at least 4 members (excludes halogenated alkanes) is 1. The van der Waals surface area contributed by atoms with Crippen LogP contribution in [0.3, 0.4) is 0 Å². The Morgan fingerprint density at radius 1 is 1.00 bits per heavy atom. The Bertz CT molecular complexity index is 1110. The molecule has 162 valence electrons. The van der Waals surface area contributed by atoms with Crippen LogP contribution in [0.5, 0.6) is 0 Å². The first-order chi connectivity index (χ1) is 15.1. The summed E-state index contributed by atoms with van der Waals surface area (Å²) in [5, 5.41) is 1.83. The molecule has 0 spiro atoms. The summed E-state index contributed by atoms with van der Waals surface area (Å²) >= 11 is 1.24. The van der Waals surface area contributed by atoms with Gasteiger partial charge in [-0.15, -0.1) is 0 Å². The van der Waals surface area contributed by atoms with Crippen LogP contribution in [0.25, 0.3) is 0 Å². The molecule has 0 saturated carbocycles. The zero-order chi connectivity index (χ0) is 21.4. The lowest BCUT2D eigenvalue weighted by molar-refractivity contribution is 0.192. The van der Waals surface area contributed by atoms with Gasteiger partial charge in [-0.05, 0) is 73.8 Å². The third-order valence-corrected chi connectivity index (χ3v) is 7.21. The van der Waals surface area contributed by atoms with Crippen LogP contribution in [-0.4, -0.2) is 35.1 Å². The van der Waals surface area contributed by atoms with Gasteiger partial charge in [0.1, 0.15) is 11.6 Å². The molecule has 0 bridgehead atoms. The van der Waals surface area contributed by atoms with Crippen molar-refractivity contribution in [1.29, 1.82) is 0 Å². The Labute approximate surface area is 184 Å². The molecule has 4 nitrogen and oxygen atoms in total. The number of anilines is 2. The fourth-order valence-electron chi connectivity index (χ4n) is 5.05. The van der Waals surface area contributed by atoms with E-state index in [1.165, 1.54) is 29.5 Å². The number of hydrogen-bond donors (Lipinski definition) is 0. The van der Waals surface area contributed by atoms with E-state index in [-0.39, 0.29) is 28.5 Å². The first-order valence-electron chi connectivity index (χ1n) is 10.8. The van der Waals surface area contributed by atoms with Crippen LogP contribution < -0.4 is 9.77 Å². The number of fused-ring (bicyclic) bond motifs is 3. The van der Waals surface area contributed by atoms with Gasteiger partial charge >= 0.3 is 4.87 Å². The second-order valence-corrected chi connectivity index (χ2v) is 9.24. The molecule has 2 aliphatic rings. The van der Waals surface area contributed by atoms with Gasteiger partial charge in [0, 0.05) is 54.5 Å². The molecule has 1 fully saturated rings. The van der Waals surface area contributed by atoms with E-state index in [2.05, 4.69) is 9.80 Å². The van der Waals surface area contributed by atoms with Gasteiger partial charge in [-0.3, -0.25) is 4.79 Å². The molecule has 7 heteroatoms. The fourth-order valence-corrected chi connectivity index (χ4v) is 5.66. The summed E-state index contributed by atoms with van der Waals surface area (Å²) in [6.07, 6.45) is 4.82. The highest BCUT2D eigenvalue weighted by molar-refractivity contribution is 7.07. The highest BCUT2D eigenvalue weighted by atomic mass is 32.1. The predicted molar refractivity (Wildman–Crippen MR) is 120 cm³/mol. The van der Waals surface area contributed by atoms with Crippen molar-refractivity contribution in [3.63, 3.8) is 0 Å². The number of benzene rings is 2. The summed E-state index contributed by atoms with van der Waals surface area (Å²) in [6.45, 7) is 3.60. The summed E-state index contributed by atoms with van der Waals surface area (Å²) < 4.78 is 29.4. The zero-order valence-electron chi connectivity index (χ0n) is 17.2. The van der Waals surface area contributed by atoms with Crippen molar-refractivity contribution >= 4 is 22.7 Å². The molecule has 2 aliphatic heterocycles. The van der Waals surface area contributed by atoms with E-state index in [1.54, 1.807) is 10.6 Å². The van der Waals surface area contributed by atoms with Crippen LogP contribution in [0.4, 0.5) is 20.2 Å². The van der Waals surface area contributed by atoms with Gasteiger partial charge in [0.2, 0.25) is 0 Å². The molecule has 1 saturated heterocycles.